The molecule has 0 spiro atoms. The van der Waals surface area contributed by atoms with Gasteiger partial charge < -0.3 is 10.1 Å². The van der Waals surface area contributed by atoms with Crippen molar-refractivity contribution in [3.05, 3.63) is 58.1 Å². The molecule has 1 aliphatic heterocycles. The third kappa shape index (κ3) is 5.83. The van der Waals surface area contributed by atoms with Crippen molar-refractivity contribution < 1.29 is 17.9 Å². The number of carbonyl (C=O) groups is 1. The predicted octanol–water partition coefficient (Wildman–Crippen LogP) is 4.88. The highest BCUT2D eigenvalue weighted by molar-refractivity contribution is 7.89. The Labute approximate surface area is 198 Å². The molecule has 0 unspecified atom stereocenters. The summed E-state index contributed by atoms with van der Waals surface area (Å²) in [6, 6.07) is 9.69. The summed E-state index contributed by atoms with van der Waals surface area (Å²) in [6.45, 7) is 12.8. The zero-order chi connectivity index (χ0) is 24.3. The van der Waals surface area contributed by atoms with Crippen LogP contribution in [-0.4, -0.2) is 37.8 Å². The lowest BCUT2D eigenvalue weighted by Gasteiger charge is -2.32. The molecule has 0 saturated carbocycles. The highest BCUT2D eigenvalue weighted by Crippen LogP contribution is 2.31. The van der Waals surface area contributed by atoms with Crippen molar-refractivity contribution in [1.29, 1.82) is 0 Å². The number of hydrogen-bond acceptors (Lipinski definition) is 4. The lowest BCUT2D eigenvalue weighted by molar-refractivity contribution is -0.120. The van der Waals surface area contributed by atoms with Gasteiger partial charge in [-0.3, -0.25) is 4.79 Å². The highest BCUT2D eigenvalue weighted by atomic mass is 32.2. The first-order valence-corrected chi connectivity index (χ1v) is 13.0. The molecule has 1 saturated heterocycles. The van der Waals surface area contributed by atoms with Gasteiger partial charge in [0.05, 0.1) is 17.6 Å². The van der Waals surface area contributed by atoms with E-state index in [0.717, 1.165) is 33.5 Å². The van der Waals surface area contributed by atoms with Gasteiger partial charge in [0.1, 0.15) is 0 Å². The second-order valence-corrected chi connectivity index (χ2v) is 11.2. The van der Waals surface area contributed by atoms with Crippen LogP contribution in [0.5, 0.6) is 0 Å². The lowest BCUT2D eigenvalue weighted by Crippen LogP contribution is -2.41. The third-order valence-corrected chi connectivity index (χ3v) is 8.67. The van der Waals surface area contributed by atoms with E-state index < -0.39 is 10.0 Å². The number of sulfonamides is 1. The van der Waals surface area contributed by atoms with Crippen LogP contribution < -0.4 is 5.32 Å². The van der Waals surface area contributed by atoms with E-state index >= 15 is 0 Å². The molecule has 0 atom stereocenters. The van der Waals surface area contributed by atoms with E-state index in [2.05, 4.69) is 5.32 Å². The van der Waals surface area contributed by atoms with Crippen LogP contribution in [-0.2, 0) is 26.2 Å². The Morgan fingerprint density at radius 2 is 1.67 bits per heavy atom. The van der Waals surface area contributed by atoms with Crippen LogP contribution in [0.25, 0.3) is 0 Å². The first-order chi connectivity index (χ1) is 15.5. The first kappa shape index (κ1) is 25.4. The van der Waals surface area contributed by atoms with E-state index in [1.807, 2.05) is 71.9 Å². The van der Waals surface area contributed by atoms with E-state index in [1.165, 1.54) is 4.31 Å². The minimum atomic E-state index is -3.61. The smallest absolute Gasteiger partial charge is 0.243 e. The fraction of sp³-hybridized carbons (Fsp3) is 0.500. The van der Waals surface area contributed by atoms with Gasteiger partial charge in [-0.05, 0) is 94.3 Å². The Hall–Kier alpha value is -2.22. The van der Waals surface area contributed by atoms with Crippen LogP contribution >= 0.6 is 0 Å². The molecule has 2 aromatic carbocycles. The van der Waals surface area contributed by atoms with Crippen molar-refractivity contribution in [2.24, 2.45) is 5.92 Å². The van der Waals surface area contributed by atoms with Crippen LogP contribution in [0.3, 0.4) is 0 Å². The molecule has 1 fully saturated rings. The number of anilines is 1. The molecule has 33 heavy (non-hydrogen) atoms. The van der Waals surface area contributed by atoms with E-state index in [-0.39, 0.29) is 17.9 Å². The first-order valence-electron chi connectivity index (χ1n) is 11.6. The Bertz CT molecular complexity index is 1090. The summed E-state index contributed by atoms with van der Waals surface area (Å²) in [4.78, 5) is 13.3. The van der Waals surface area contributed by atoms with Crippen molar-refractivity contribution in [3.8, 4) is 0 Å². The molecule has 3 rings (SSSR count). The van der Waals surface area contributed by atoms with E-state index in [4.69, 9.17) is 4.74 Å². The van der Waals surface area contributed by atoms with Gasteiger partial charge in [-0.15, -0.1) is 0 Å². The summed E-state index contributed by atoms with van der Waals surface area (Å²) in [5.41, 5.74) is 5.31. The van der Waals surface area contributed by atoms with Crippen molar-refractivity contribution in [1.82, 2.24) is 4.31 Å². The number of rotatable bonds is 7. The minimum Gasteiger partial charge on any atom is -0.374 e. The van der Waals surface area contributed by atoms with E-state index in [0.29, 0.717) is 37.4 Å². The molecule has 1 N–H and O–H groups in total. The summed E-state index contributed by atoms with van der Waals surface area (Å²) >= 11 is 0. The molecule has 0 aliphatic carbocycles. The maximum atomic E-state index is 13.5. The van der Waals surface area contributed by atoms with Gasteiger partial charge in [0, 0.05) is 24.7 Å². The van der Waals surface area contributed by atoms with Crippen LogP contribution in [0.2, 0.25) is 0 Å². The van der Waals surface area contributed by atoms with Crippen molar-refractivity contribution in [2.45, 2.75) is 72.0 Å². The summed E-state index contributed by atoms with van der Waals surface area (Å²) in [7, 11) is -3.61. The van der Waals surface area contributed by atoms with Gasteiger partial charge in [-0.2, -0.15) is 4.31 Å². The van der Waals surface area contributed by atoms with E-state index in [9.17, 15) is 13.2 Å². The summed E-state index contributed by atoms with van der Waals surface area (Å²) in [6.07, 6.45) is 1.15. The molecule has 0 bridgehead atoms. The van der Waals surface area contributed by atoms with Gasteiger partial charge >= 0.3 is 0 Å². The molecule has 1 amide bonds. The number of ether oxygens (including phenoxy) is 1. The van der Waals surface area contributed by atoms with Crippen LogP contribution in [0.15, 0.2) is 35.2 Å². The number of piperidine rings is 1. The van der Waals surface area contributed by atoms with Gasteiger partial charge in [0.25, 0.3) is 0 Å². The monoisotopic (exact) mass is 472 g/mol. The second kappa shape index (κ2) is 10.4. The quantitative estimate of drug-likeness (QED) is 0.623. The highest BCUT2D eigenvalue weighted by Gasteiger charge is 2.34. The zero-order valence-corrected chi connectivity index (χ0v) is 21.4. The maximum Gasteiger partial charge on any atom is 0.243 e. The Balaban J connectivity index is 1.65. The molecule has 7 heteroatoms. The maximum absolute atomic E-state index is 13.5. The molecular weight excluding hydrogens is 436 g/mol. The molecule has 0 radical (unpaired) electrons. The normalized spacial score (nSPS) is 15.7. The second-order valence-electron chi connectivity index (χ2n) is 9.32. The predicted molar refractivity (Wildman–Crippen MR) is 132 cm³/mol. The average Bonchev–Trinajstić information content (AvgIpc) is 2.76. The largest absolute Gasteiger partial charge is 0.374 e. The third-order valence-electron chi connectivity index (χ3n) is 6.50. The Kier molecular flexibility index (Phi) is 7.98. The molecule has 2 aromatic rings. The van der Waals surface area contributed by atoms with E-state index in [1.54, 1.807) is 0 Å². The fourth-order valence-electron chi connectivity index (χ4n) is 4.30. The van der Waals surface area contributed by atoms with Crippen LogP contribution in [0, 0.1) is 33.6 Å². The van der Waals surface area contributed by atoms with Crippen molar-refractivity contribution in [2.75, 3.05) is 18.4 Å². The molecule has 180 valence electrons. The molecule has 1 heterocycles. The molecule has 1 aliphatic rings. The fourth-order valence-corrected chi connectivity index (χ4v) is 6.35. The van der Waals surface area contributed by atoms with Gasteiger partial charge in [-0.25, -0.2) is 8.42 Å². The molecule has 0 aromatic heterocycles. The summed E-state index contributed by atoms with van der Waals surface area (Å²) < 4.78 is 34.1. The number of carbonyl (C=O) groups excluding carboxylic acids is 1. The summed E-state index contributed by atoms with van der Waals surface area (Å²) in [5.74, 6) is -0.277. The minimum absolute atomic E-state index is 0.0623. The number of benzene rings is 2. The van der Waals surface area contributed by atoms with Gasteiger partial charge in [0.2, 0.25) is 15.9 Å². The topological polar surface area (TPSA) is 75.7 Å². The van der Waals surface area contributed by atoms with Crippen LogP contribution in [0.1, 0.15) is 54.5 Å². The van der Waals surface area contributed by atoms with Gasteiger partial charge in [-0.1, -0.05) is 18.2 Å². The lowest BCUT2D eigenvalue weighted by atomic mass is 9.97. The Morgan fingerprint density at radius 3 is 2.24 bits per heavy atom. The number of aryl methyl sites for hydroxylation is 2. The standard InChI is InChI=1S/C26H36N2O4S/c1-17(2)32-16-22-8-7-9-24(15-22)27-26(29)23-10-12-28(13-11-23)33(30,31)25-20(5)18(3)14-19(4)21(25)6/h7-9,14-15,17,23H,10-13,16H2,1-6H3,(H,27,29). The molecule has 6 nitrogen and oxygen atoms in total. The van der Waals surface area contributed by atoms with Crippen molar-refractivity contribution in [3.63, 3.8) is 0 Å². The number of hydrogen-bond donors (Lipinski definition) is 1. The number of amides is 1. The number of nitrogens with one attached hydrogen (secondary N) is 1. The van der Waals surface area contributed by atoms with Crippen LogP contribution in [0.4, 0.5) is 5.69 Å². The SMILES string of the molecule is Cc1cc(C)c(C)c(S(=O)(=O)N2CCC(C(=O)Nc3cccc(COC(C)C)c3)CC2)c1C. The zero-order valence-electron chi connectivity index (χ0n) is 20.6. The average molecular weight is 473 g/mol. The number of nitrogens with zero attached hydrogens (tertiary/aromatic N) is 1. The van der Waals surface area contributed by atoms with Crippen molar-refractivity contribution >= 4 is 21.6 Å². The summed E-state index contributed by atoms with van der Waals surface area (Å²) in [5, 5.41) is 3.00. The molecular formula is C26H36N2O4S. The van der Waals surface area contributed by atoms with Gasteiger partial charge in [0.15, 0.2) is 0 Å². The Morgan fingerprint density at radius 1 is 1.06 bits per heavy atom.